The van der Waals surface area contributed by atoms with Crippen LogP contribution in [0.2, 0.25) is 0 Å². The van der Waals surface area contributed by atoms with Crippen molar-refractivity contribution >= 4 is 0 Å². The van der Waals surface area contributed by atoms with Gasteiger partial charge in [0.15, 0.2) is 0 Å². The average molecular weight is 166 g/mol. The molecule has 12 heavy (non-hydrogen) atoms. The molecule has 70 valence electrons. The molecule has 0 fully saturated rings. The zero-order valence-electron chi connectivity index (χ0n) is 9.20. The van der Waals surface area contributed by atoms with E-state index in [0.717, 1.165) is 12.3 Å². The molecule has 0 radical (unpaired) electrons. The van der Waals surface area contributed by atoms with Crippen LogP contribution in [0.25, 0.3) is 0 Å². The average Bonchev–Trinajstić information content (AvgIpc) is 2.05. The molecule has 0 rings (SSSR count). The molecule has 0 aliphatic heterocycles. The lowest BCUT2D eigenvalue weighted by Gasteiger charge is -2.30. The molecule has 0 saturated heterocycles. The van der Waals surface area contributed by atoms with Crippen LogP contribution >= 0.6 is 0 Å². The first-order valence-corrected chi connectivity index (χ1v) is 4.94. The predicted molar refractivity (Wildman–Crippen MR) is 55.9 cm³/mol. The molecule has 0 aromatic heterocycles. The van der Waals surface area contributed by atoms with E-state index in [2.05, 4.69) is 39.5 Å². The van der Waals surface area contributed by atoms with E-state index in [1.54, 1.807) is 0 Å². The van der Waals surface area contributed by atoms with Crippen LogP contribution in [0, 0.1) is 23.2 Å². The molecule has 0 nitrogen and oxygen atoms in total. The summed E-state index contributed by atoms with van der Waals surface area (Å²) in [6.07, 6.45) is 3.55. The van der Waals surface area contributed by atoms with Crippen LogP contribution in [-0.4, -0.2) is 0 Å². The molecule has 0 aliphatic rings. The van der Waals surface area contributed by atoms with Crippen molar-refractivity contribution in [3.05, 3.63) is 0 Å². The Bertz CT molecular complexity index is 166. The van der Waals surface area contributed by atoms with Crippen LogP contribution in [0.1, 0.15) is 53.9 Å². The lowest BCUT2D eigenvalue weighted by molar-refractivity contribution is 0.211. The van der Waals surface area contributed by atoms with Gasteiger partial charge < -0.3 is 0 Å². The SMILES string of the molecule is CC#CCCC(C)C(C)(C)CC. The highest BCUT2D eigenvalue weighted by atomic mass is 14.3. The summed E-state index contributed by atoms with van der Waals surface area (Å²) in [7, 11) is 0. The zero-order chi connectivity index (χ0) is 9.61. The smallest absolute Gasteiger partial charge is 0.00913 e. The minimum Gasteiger partial charge on any atom is -0.107 e. The van der Waals surface area contributed by atoms with Crippen molar-refractivity contribution in [2.24, 2.45) is 11.3 Å². The molecule has 1 atom stereocenters. The minimum absolute atomic E-state index is 0.482. The molecule has 0 saturated carbocycles. The first kappa shape index (κ1) is 11.6. The van der Waals surface area contributed by atoms with E-state index in [1.807, 2.05) is 6.92 Å². The maximum Gasteiger partial charge on any atom is 0.00913 e. The van der Waals surface area contributed by atoms with Gasteiger partial charge in [-0.15, -0.1) is 11.8 Å². The third kappa shape index (κ3) is 3.81. The summed E-state index contributed by atoms with van der Waals surface area (Å²) in [5.41, 5.74) is 0.482. The van der Waals surface area contributed by atoms with Gasteiger partial charge in [0.2, 0.25) is 0 Å². The highest BCUT2D eigenvalue weighted by molar-refractivity contribution is 4.95. The minimum atomic E-state index is 0.482. The van der Waals surface area contributed by atoms with Crippen LogP contribution in [0.3, 0.4) is 0 Å². The Labute approximate surface area is 77.8 Å². The summed E-state index contributed by atoms with van der Waals surface area (Å²) >= 11 is 0. The monoisotopic (exact) mass is 166 g/mol. The predicted octanol–water partition coefficient (Wildman–Crippen LogP) is 3.86. The maximum atomic E-state index is 3.13. The van der Waals surface area contributed by atoms with Crippen LogP contribution in [-0.2, 0) is 0 Å². The molecule has 0 aliphatic carbocycles. The normalized spacial score (nSPS) is 13.4. The molecule has 0 aromatic carbocycles. The van der Waals surface area contributed by atoms with E-state index in [4.69, 9.17) is 0 Å². The van der Waals surface area contributed by atoms with Gasteiger partial charge in [0.1, 0.15) is 0 Å². The molecular weight excluding hydrogens is 144 g/mol. The van der Waals surface area contributed by atoms with Crippen LogP contribution < -0.4 is 0 Å². The van der Waals surface area contributed by atoms with Gasteiger partial charge in [0.25, 0.3) is 0 Å². The van der Waals surface area contributed by atoms with Gasteiger partial charge in [-0.05, 0) is 24.7 Å². The van der Waals surface area contributed by atoms with Gasteiger partial charge >= 0.3 is 0 Å². The Kier molecular flexibility index (Phi) is 5.06. The molecule has 0 N–H and O–H groups in total. The second kappa shape index (κ2) is 5.25. The lowest BCUT2D eigenvalue weighted by Crippen LogP contribution is -2.20. The van der Waals surface area contributed by atoms with Crippen LogP contribution in [0.15, 0.2) is 0 Å². The number of hydrogen-bond donors (Lipinski definition) is 0. The summed E-state index contributed by atoms with van der Waals surface area (Å²) in [5.74, 6) is 6.85. The molecule has 1 unspecified atom stereocenters. The third-order valence-corrected chi connectivity index (χ3v) is 3.12. The highest BCUT2D eigenvalue weighted by Crippen LogP contribution is 2.32. The Hall–Kier alpha value is -0.440. The Morgan fingerprint density at radius 3 is 2.33 bits per heavy atom. The molecule has 0 heterocycles. The third-order valence-electron chi connectivity index (χ3n) is 3.12. The quantitative estimate of drug-likeness (QED) is 0.556. The molecule has 0 bridgehead atoms. The lowest BCUT2D eigenvalue weighted by atomic mass is 9.76. The second-order valence-electron chi connectivity index (χ2n) is 4.21. The van der Waals surface area contributed by atoms with Crippen molar-refractivity contribution in [3.8, 4) is 11.8 Å². The zero-order valence-corrected chi connectivity index (χ0v) is 9.20. The Morgan fingerprint density at radius 2 is 1.92 bits per heavy atom. The van der Waals surface area contributed by atoms with Crippen molar-refractivity contribution < 1.29 is 0 Å². The number of hydrogen-bond acceptors (Lipinski definition) is 0. The fraction of sp³-hybridized carbons (Fsp3) is 0.833. The van der Waals surface area contributed by atoms with E-state index in [1.165, 1.54) is 12.8 Å². The summed E-state index contributed by atoms with van der Waals surface area (Å²) in [4.78, 5) is 0. The first-order valence-electron chi connectivity index (χ1n) is 4.94. The van der Waals surface area contributed by atoms with E-state index in [9.17, 15) is 0 Å². The number of rotatable bonds is 4. The fourth-order valence-corrected chi connectivity index (χ4v) is 1.15. The van der Waals surface area contributed by atoms with Crippen LogP contribution in [0.5, 0.6) is 0 Å². The summed E-state index contributed by atoms with van der Waals surface area (Å²) in [6.45, 7) is 11.2. The van der Waals surface area contributed by atoms with Gasteiger partial charge in [0, 0.05) is 6.42 Å². The molecule has 0 spiro atoms. The topological polar surface area (TPSA) is 0 Å². The van der Waals surface area contributed by atoms with Crippen LogP contribution in [0.4, 0.5) is 0 Å². The summed E-state index contributed by atoms with van der Waals surface area (Å²) < 4.78 is 0. The molecular formula is C12H22. The van der Waals surface area contributed by atoms with Gasteiger partial charge in [-0.3, -0.25) is 0 Å². The molecule has 0 heteroatoms. The van der Waals surface area contributed by atoms with Crippen molar-refractivity contribution in [3.63, 3.8) is 0 Å². The molecule has 0 amide bonds. The van der Waals surface area contributed by atoms with Gasteiger partial charge in [-0.2, -0.15) is 0 Å². The van der Waals surface area contributed by atoms with Gasteiger partial charge in [0.05, 0.1) is 0 Å². The highest BCUT2D eigenvalue weighted by Gasteiger charge is 2.22. The first-order chi connectivity index (χ1) is 5.54. The van der Waals surface area contributed by atoms with Gasteiger partial charge in [-0.25, -0.2) is 0 Å². The Morgan fingerprint density at radius 1 is 1.33 bits per heavy atom. The largest absolute Gasteiger partial charge is 0.107 e. The summed E-state index contributed by atoms with van der Waals surface area (Å²) in [6, 6.07) is 0. The van der Waals surface area contributed by atoms with E-state index < -0.39 is 0 Å². The van der Waals surface area contributed by atoms with Crippen molar-refractivity contribution in [1.82, 2.24) is 0 Å². The van der Waals surface area contributed by atoms with Crippen molar-refractivity contribution in [1.29, 1.82) is 0 Å². The summed E-state index contributed by atoms with van der Waals surface area (Å²) in [5, 5.41) is 0. The Balaban J connectivity index is 3.83. The van der Waals surface area contributed by atoms with Gasteiger partial charge in [-0.1, -0.05) is 34.1 Å². The van der Waals surface area contributed by atoms with E-state index in [-0.39, 0.29) is 0 Å². The van der Waals surface area contributed by atoms with Crippen molar-refractivity contribution in [2.45, 2.75) is 53.9 Å². The van der Waals surface area contributed by atoms with E-state index in [0.29, 0.717) is 5.41 Å². The standard InChI is InChI=1S/C12H22/c1-6-8-9-10-11(3)12(4,5)7-2/h11H,7,9-10H2,1-5H3. The second-order valence-corrected chi connectivity index (χ2v) is 4.21. The van der Waals surface area contributed by atoms with E-state index >= 15 is 0 Å². The molecule has 0 aromatic rings. The van der Waals surface area contributed by atoms with Crippen molar-refractivity contribution in [2.75, 3.05) is 0 Å². The fourth-order valence-electron chi connectivity index (χ4n) is 1.15. The maximum absolute atomic E-state index is 3.13.